The van der Waals surface area contributed by atoms with Crippen LogP contribution in [0.5, 0.6) is 0 Å². The first-order valence-electron chi connectivity index (χ1n) is 6.94. The van der Waals surface area contributed by atoms with Gasteiger partial charge in [-0.3, -0.25) is 4.79 Å². The minimum atomic E-state index is -0.512. The summed E-state index contributed by atoms with van der Waals surface area (Å²) in [5.41, 5.74) is 7.85. The van der Waals surface area contributed by atoms with E-state index in [0.717, 1.165) is 0 Å². The standard InChI is InChI=1S/C15H21N3O3/c1-9(2)6-11(16)15(19)17-10-4-5-13-12(7-10)18-14(21-13)8-20-3/h4-5,7,9,11H,6,8,16H2,1-3H3,(H,17,19)/t11-/m0/s1. The number of ether oxygens (including phenoxy) is 1. The fourth-order valence-electron chi connectivity index (χ4n) is 2.09. The lowest BCUT2D eigenvalue weighted by Gasteiger charge is -2.14. The van der Waals surface area contributed by atoms with E-state index in [1.807, 2.05) is 13.8 Å². The highest BCUT2D eigenvalue weighted by Crippen LogP contribution is 2.20. The topological polar surface area (TPSA) is 90.4 Å². The number of oxazole rings is 1. The van der Waals surface area contributed by atoms with Crippen LogP contribution in [0.25, 0.3) is 11.1 Å². The first-order chi connectivity index (χ1) is 9.99. The van der Waals surface area contributed by atoms with E-state index >= 15 is 0 Å². The summed E-state index contributed by atoms with van der Waals surface area (Å²) in [6, 6.07) is 4.79. The van der Waals surface area contributed by atoms with Crippen LogP contribution in [0.15, 0.2) is 22.6 Å². The zero-order valence-corrected chi connectivity index (χ0v) is 12.6. The number of carbonyl (C=O) groups is 1. The van der Waals surface area contributed by atoms with E-state index in [9.17, 15) is 4.79 Å². The molecule has 1 aromatic carbocycles. The van der Waals surface area contributed by atoms with Gasteiger partial charge in [-0.1, -0.05) is 13.8 Å². The lowest BCUT2D eigenvalue weighted by atomic mass is 10.0. The minimum Gasteiger partial charge on any atom is -0.438 e. The molecule has 0 bridgehead atoms. The van der Waals surface area contributed by atoms with Crippen LogP contribution >= 0.6 is 0 Å². The summed E-state index contributed by atoms with van der Waals surface area (Å²) < 4.78 is 10.5. The summed E-state index contributed by atoms with van der Waals surface area (Å²) in [4.78, 5) is 16.3. The number of carbonyl (C=O) groups excluding carboxylic acids is 1. The lowest BCUT2D eigenvalue weighted by molar-refractivity contribution is -0.117. The van der Waals surface area contributed by atoms with Gasteiger partial charge in [0.05, 0.1) is 6.04 Å². The molecule has 0 aliphatic carbocycles. The quantitative estimate of drug-likeness (QED) is 0.852. The number of aromatic nitrogens is 1. The second-order valence-corrected chi connectivity index (χ2v) is 5.45. The molecule has 114 valence electrons. The van der Waals surface area contributed by atoms with Gasteiger partial charge in [-0.2, -0.15) is 0 Å². The van der Waals surface area contributed by atoms with Crippen LogP contribution in [-0.4, -0.2) is 24.0 Å². The van der Waals surface area contributed by atoms with Crippen LogP contribution < -0.4 is 11.1 Å². The fraction of sp³-hybridized carbons (Fsp3) is 0.467. The smallest absolute Gasteiger partial charge is 0.241 e. The van der Waals surface area contributed by atoms with Crippen molar-refractivity contribution in [3.05, 3.63) is 24.1 Å². The number of benzene rings is 1. The Bertz CT molecular complexity index is 622. The minimum absolute atomic E-state index is 0.191. The molecule has 0 saturated carbocycles. The van der Waals surface area contributed by atoms with E-state index in [4.69, 9.17) is 14.9 Å². The monoisotopic (exact) mass is 291 g/mol. The number of nitrogens with one attached hydrogen (secondary N) is 1. The molecular weight excluding hydrogens is 270 g/mol. The third-order valence-corrected chi connectivity index (χ3v) is 3.03. The van der Waals surface area contributed by atoms with Crippen molar-refractivity contribution in [2.45, 2.75) is 32.9 Å². The Morgan fingerprint density at radius 3 is 2.90 bits per heavy atom. The van der Waals surface area contributed by atoms with Gasteiger partial charge >= 0.3 is 0 Å². The number of nitrogens with two attached hydrogens (primary N) is 1. The summed E-state index contributed by atoms with van der Waals surface area (Å²) in [5, 5.41) is 2.80. The zero-order valence-electron chi connectivity index (χ0n) is 12.6. The maximum absolute atomic E-state index is 12.0. The molecule has 1 heterocycles. The molecule has 1 amide bonds. The van der Waals surface area contributed by atoms with Crippen molar-refractivity contribution in [3.8, 4) is 0 Å². The second kappa shape index (κ2) is 6.69. The van der Waals surface area contributed by atoms with Crippen molar-refractivity contribution in [1.29, 1.82) is 0 Å². The van der Waals surface area contributed by atoms with Gasteiger partial charge in [0.2, 0.25) is 11.8 Å². The normalized spacial score (nSPS) is 12.8. The average molecular weight is 291 g/mol. The molecule has 6 heteroatoms. The Morgan fingerprint density at radius 1 is 1.48 bits per heavy atom. The summed E-state index contributed by atoms with van der Waals surface area (Å²) in [7, 11) is 1.58. The van der Waals surface area contributed by atoms with Crippen LogP contribution in [0, 0.1) is 5.92 Å². The van der Waals surface area contributed by atoms with Crippen LogP contribution in [0.2, 0.25) is 0 Å². The van der Waals surface area contributed by atoms with Crippen molar-refractivity contribution < 1.29 is 13.9 Å². The van der Waals surface area contributed by atoms with Crippen LogP contribution in [0.1, 0.15) is 26.2 Å². The summed E-state index contributed by atoms with van der Waals surface area (Å²) in [6.45, 7) is 4.38. The molecule has 21 heavy (non-hydrogen) atoms. The van der Waals surface area contributed by atoms with Crippen LogP contribution in [-0.2, 0) is 16.1 Å². The maximum Gasteiger partial charge on any atom is 0.241 e. The van der Waals surface area contributed by atoms with E-state index in [0.29, 0.717) is 41.6 Å². The predicted molar refractivity (Wildman–Crippen MR) is 80.8 cm³/mol. The van der Waals surface area contributed by atoms with Gasteiger partial charge in [-0.15, -0.1) is 0 Å². The van der Waals surface area contributed by atoms with Gasteiger partial charge < -0.3 is 20.2 Å². The number of nitrogens with zero attached hydrogens (tertiary/aromatic N) is 1. The van der Waals surface area contributed by atoms with Gasteiger partial charge in [-0.05, 0) is 30.5 Å². The maximum atomic E-state index is 12.0. The highest BCUT2D eigenvalue weighted by Gasteiger charge is 2.15. The van der Waals surface area contributed by atoms with Crippen molar-refractivity contribution in [2.24, 2.45) is 11.7 Å². The predicted octanol–water partition coefficient (Wildman–Crippen LogP) is 2.29. The number of rotatable bonds is 6. The molecule has 0 spiro atoms. The molecule has 0 radical (unpaired) electrons. The molecule has 0 unspecified atom stereocenters. The Labute approximate surface area is 123 Å². The van der Waals surface area contributed by atoms with Gasteiger partial charge in [-0.25, -0.2) is 4.98 Å². The van der Waals surface area contributed by atoms with E-state index in [-0.39, 0.29) is 5.91 Å². The highest BCUT2D eigenvalue weighted by atomic mass is 16.5. The average Bonchev–Trinajstić information content (AvgIpc) is 2.79. The number of anilines is 1. The van der Waals surface area contributed by atoms with Crippen LogP contribution in [0.4, 0.5) is 5.69 Å². The van der Waals surface area contributed by atoms with E-state index in [1.165, 1.54) is 0 Å². The number of hydrogen-bond donors (Lipinski definition) is 2. The first-order valence-corrected chi connectivity index (χ1v) is 6.94. The van der Waals surface area contributed by atoms with Gasteiger partial charge in [0.15, 0.2) is 5.58 Å². The first kappa shape index (κ1) is 15.5. The summed E-state index contributed by atoms with van der Waals surface area (Å²) in [6.07, 6.45) is 0.649. The number of methoxy groups -OCH3 is 1. The SMILES string of the molecule is COCc1nc2cc(NC(=O)[C@@H](N)CC(C)C)ccc2o1. The van der Waals surface area contributed by atoms with Gasteiger partial charge in [0.1, 0.15) is 12.1 Å². The fourth-order valence-corrected chi connectivity index (χ4v) is 2.09. The largest absolute Gasteiger partial charge is 0.438 e. The molecule has 0 aliphatic heterocycles. The van der Waals surface area contributed by atoms with Crippen molar-refractivity contribution in [1.82, 2.24) is 4.98 Å². The molecule has 0 saturated heterocycles. The Morgan fingerprint density at radius 2 is 2.24 bits per heavy atom. The summed E-state index contributed by atoms with van der Waals surface area (Å²) in [5.74, 6) is 0.691. The zero-order chi connectivity index (χ0) is 15.4. The molecule has 0 fully saturated rings. The van der Waals surface area contributed by atoms with E-state index < -0.39 is 6.04 Å². The molecule has 2 aromatic rings. The van der Waals surface area contributed by atoms with E-state index in [2.05, 4.69) is 10.3 Å². The number of fused-ring (bicyclic) bond motifs is 1. The third-order valence-electron chi connectivity index (χ3n) is 3.03. The molecule has 6 nitrogen and oxygen atoms in total. The Balaban J connectivity index is 2.10. The van der Waals surface area contributed by atoms with Crippen molar-refractivity contribution in [2.75, 3.05) is 12.4 Å². The summed E-state index contributed by atoms with van der Waals surface area (Å²) >= 11 is 0. The van der Waals surface area contributed by atoms with Gasteiger partial charge in [0, 0.05) is 12.8 Å². The molecule has 2 rings (SSSR count). The third kappa shape index (κ3) is 4.03. The second-order valence-electron chi connectivity index (χ2n) is 5.45. The number of hydrogen-bond acceptors (Lipinski definition) is 5. The van der Waals surface area contributed by atoms with Crippen molar-refractivity contribution >= 4 is 22.7 Å². The Hall–Kier alpha value is -1.92. The van der Waals surface area contributed by atoms with E-state index in [1.54, 1.807) is 25.3 Å². The molecule has 0 aliphatic rings. The molecule has 3 N–H and O–H groups in total. The van der Waals surface area contributed by atoms with Crippen LogP contribution in [0.3, 0.4) is 0 Å². The lowest BCUT2D eigenvalue weighted by Crippen LogP contribution is -2.36. The molecule has 1 atom stereocenters. The molecular formula is C15H21N3O3. The number of amides is 1. The van der Waals surface area contributed by atoms with Gasteiger partial charge in [0.25, 0.3) is 0 Å². The van der Waals surface area contributed by atoms with Crippen molar-refractivity contribution in [3.63, 3.8) is 0 Å². The highest BCUT2D eigenvalue weighted by molar-refractivity contribution is 5.96. The Kier molecular flexibility index (Phi) is 4.93. The molecule has 1 aromatic heterocycles.